The molecule has 20 heavy (non-hydrogen) atoms. The molecule has 1 heteroatoms. The molecule has 0 aliphatic heterocycles. The molecule has 112 valence electrons. The summed E-state index contributed by atoms with van der Waals surface area (Å²) in [5.74, 6) is 0. The Kier molecular flexibility index (Phi) is 5.07. The number of hydrogen-bond acceptors (Lipinski definition) is 1. The molecule has 0 fully saturated rings. The van der Waals surface area contributed by atoms with Gasteiger partial charge in [-0.3, -0.25) is 0 Å². The summed E-state index contributed by atoms with van der Waals surface area (Å²) in [7, 11) is 0. The topological polar surface area (TPSA) is 12.0 Å². The van der Waals surface area contributed by atoms with Crippen LogP contribution in [0.4, 0.5) is 0 Å². The van der Waals surface area contributed by atoms with Crippen molar-refractivity contribution in [1.29, 1.82) is 0 Å². The van der Waals surface area contributed by atoms with Crippen molar-refractivity contribution in [2.75, 3.05) is 0 Å². The molecular formula is C19H31N. The van der Waals surface area contributed by atoms with Crippen LogP contribution in [0.25, 0.3) is 5.70 Å². The van der Waals surface area contributed by atoms with Crippen LogP contribution in [0.5, 0.6) is 0 Å². The molecule has 0 heterocycles. The van der Waals surface area contributed by atoms with E-state index in [-0.39, 0.29) is 5.54 Å². The van der Waals surface area contributed by atoms with E-state index >= 15 is 0 Å². The zero-order valence-electron chi connectivity index (χ0n) is 14.4. The van der Waals surface area contributed by atoms with E-state index in [0.29, 0.717) is 5.41 Å². The van der Waals surface area contributed by atoms with Crippen LogP contribution in [0.3, 0.4) is 0 Å². The fraction of sp³-hybridized carbons (Fsp3) is 0.579. The molecule has 0 unspecified atom stereocenters. The van der Waals surface area contributed by atoms with Crippen molar-refractivity contribution in [1.82, 2.24) is 5.32 Å². The standard InChI is InChI=1S/C19H31N/c1-9-16-11-10-12-17(14(16)2)15(3)20-19(7,8)13-18(4,5)6/h10-12,20H,3,9,13H2,1-2,4-8H3. The van der Waals surface area contributed by atoms with Crippen molar-refractivity contribution in [3.8, 4) is 0 Å². The Morgan fingerprint density at radius 2 is 1.75 bits per heavy atom. The van der Waals surface area contributed by atoms with Gasteiger partial charge in [0.25, 0.3) is 0 Å². The molecule has 1 nitrogen and oxygen atoms in total. The fourth-order valence-electron chi connectivity index (χ4n) is 3.24. The molecule has 0 amide bonds. The monoisotopic (exact) mass is 273 g/mol. The van der Waals surface area contributed by atoms with E-state index in [1.807, 2.05) is 0 Å². The van der Waals surface area contributed by atoms with E-state index < -0.39 is 0 Å². The van der Waals surface area contributed by atoms with Gasteiger partial charge in [-0.1, -0.05) is 52.5 Å². The number of benzene rings is 1. The van der Waals surface area contributed by atoms with Gasteiger partial charge >= 0.3 is 0 Å². The second-order valence-electron chi connectivity index (χ2n) is 7.67. The second-order valence-corrected chi connectivity index (χ2v) is 7.67. The molecule has 1 aromatic carbocycles. The van der Waals surface area contributed by atoms with Gasteiger partial charge in [0, 0.05) is 16.8 Å². The lowest BCUT2D eigenvalue weighted by Crippen LogP contribution is -2.41. The van der Waals surface area contributed by atoms with E-state index in [1.54, 1.807) is 0 Å². The highest BCUT2D eigenvalue weighted by Crippen LogP contribution is 2.29. The first kappa shape index (κ1) is 16.8. The lowest BCUT2D eigenvalue weighted by atomic mass is 9.81. The highest BCUT2D eigenvalue weighted by atomic mass is 15.0. The third-order valence-electron chi connectivity index (χ3n) is 3.61. The molecule has 0 radical (unpaired) electrons. The van der Waals surface area contributed by atoms with Gasteiger partial charge < -0.3 is 5.32 Å². The Hall–Kier alpha value is -1.24. The van der Waals surface area contributed by atoms with E-state index in [4.69, 9.17) is 0 Å². The molecule has 1 aromatic rings. The molecule has 0 aromatic heterocycles. The van der Waals surface area contributed by atoms with Gasteiger partial charge in [0.05, 0.1) is 0 Å². The minimum Gasteiger partial charge on any atom is -0.380 e. The maximum Gasteiger partial charge on any atom is 0.0347 e. The Labute approximate surface area is 125 Å². The first-order chi connectivity index (χ1) is 9.06. The SMILES string of the molecule is C=C(NC(C)(C)CC(C)(C)C)c1cccc(CC)c1C. The Morgan fingerprint density at radius 3 is 2.25 bits per heavy atom. The van der Waals surface area contributed by atoms with Gasteiger partial charge in [0.1, 0.15) is 0 Å². The number of aryl methyl sites for hydroxylation is 1. The van der Waals surface area contributed by atoms with Gasteiger partial charge in [0.2, 0.25) is 0 Å². The van der Waals surface area contributed by atoms with E-state index in [9.17, 15) is 0 Å². The Morgan fingerprint density at radius 1 is 1.15 bits per heavy atom. The molecule has 0 aliphatic carbocycles. The first-order valence-electron chi connectivity index (χ1n) is 7.62. The van der Waals surface area contributed by atoms with Gasteiger partial charge in [0.15, 0.2) is 0 Å². The minimum absolute atomic E-state index is 0.0456. The van der Waals surface area contributed by atoms with E-state index in [2.05, 4.69) is 78.6 Å². The van der Waals surface area contributed by atoms with Crippen LogP contribution in [0.1, 0.15) is 64.7 Å². The molecule has 0 bridgehead atoms. The zero-order valence-corrected chi connectivity index (χ0v) is 14.4. The third-order valence-corrected chi connectivity index (χ3v) is 3.61. The van der Waals surface area contributed by atoms with Crippen LogP contribution in [0.2, 0.25) is 0 Å². The molecule has 1 rings (SSSR count). The summed E-state index contributed by atoms with van der Waals surface area (Å²) in [4.78, 5) is 0. The van der Waals surface area contributed by atoms with E-state index in [0.717, 1.165) is 18.5 Å². The second kappa shape index (κ2) is 6.03. The maximum absolute atomic E-state index is 4.27. The van der Waals surface area contributed by atoms with Crippen LogP contribution in [0.15, 0.2) is 24.8 Å². The van der Waals surface area contributed by atoms with Crippen molar-refractivity contribution < 1.29 is 0 Å². The molecule has 0 aliphatic rings. The predicted molar refractivity (Wildman–Crippen MR) is 90.9 cm³/mol. The molecule has 0 spiro atoms. The van der Waals surface area contributed by atoms with E-state index in [1.165, 1.54) is 16.7 Å². The summed E-state index contributed by atoms with van der Waals surface area (Å²) in [6, 6.07) is 6.49. The Bertz CT molecular complexity index is 475. The summed E-state index contributed by atoms with van der Waals surface area (Å²) in [6.07, 6.45) is 2.17. The number of hydrogen-bond donors (Lipinski definition) is 1. The zero-order chi connectivity index (χ0) is 15.6. The summed E-state index contributed by atoms with van der Waals surface area (Å²) >= 11 is 0. The van der Waals surface area contributed by atoms with Crippen molar-refractivity contribution in [3.63, 3.8) is 0 Å². The van der Waals surface area contributed by atoms with Crippen molar-refractivity contribution in [3.05, 3.63) is 41.5 Å². The molecule has 0 saturated carbocycles. The lowest BCUT2D eigenvalue weighted by Gasteiger charge is -2.35. The van der Waals surface area contributed by atoms with Crippen LogP contribution >= 0.6 is 0 Å². The summed E-state index contributed by atoms with van der Waals surface area (Å²) in [6.45, 7) is 20.0. The molecule has 0 saturated heterocycles. The average molecular weight is 273 g/mol. The number of rotatable bonds is 5. The van der Waals surface area contributed by atoms with Crippen LogP contribution in [-0.4, -0.2) is 5.54 Å². The third kappa shape index (κ3) is 4.70. The molecule has 0 atom stereocenters. The lowest BCUT2D eigenvalue weighted by molar-refractivity contribution is 0.264. The Balaban J connectivity index is 2.92. The smallest absolute Gasteiger partial charge is 0.0347 e. The number of nitrogens with one attached hydrogen (secondary N) is 1. The highest BCUT2D eigenvalue weighted by molar-refractivity contribution is 5.66. The van der Waals surface area contributed by atoms with Crippen molar-refractivity contribution in [2.24, 2.45) is 5.41 Å². The minimum atomic E-state index is 0.0456. The van der Waals surface area contributed by atoms with Gasteiger partial charge in [-0.2, -0.15) is 0 Å². The molecular weight excluding hydrogens is 242 g/mol. The average Bonchev–Trinajstić information content (AvgIpc) is 2.24. The summed E-state index contributed by atoms with van der Waals surface area (Å²) < 4.78 is 0. The largest absolute Gasteiger partial charge is 0.380 e. The first-order valence-corrected chi connectivity index (χ1v) is 7.62. The maximum atomic E-state index is 4.27. The quantitative estimate of drug-likeness (QED) is 0.764. The predicted octanol–water partition coefficient (Wildman–Crippen LogP) is 5.33. The molecule has 1 N–H and O–H groups in total. The van der Waals surface area contributed by atoms with Gasteiger partial charge in [-0.15, -0.1) is 0 Å². The van der Waals surface area contributed by atoms with Crippen LogP contribution in [0, 0.1) is 12.3 Å². The van der Waals surface area contributed by atoms with Crippen LogP contribution in [-0.2, 0) is 6.42 Å². The van der Waals surface area contributed by atoms with Gasteiger partial charge in [-0.25, -0.2) is 0 Å². The highest BCUT2D eigenvalue weighted by Gasteiger charge is 2.26. The van der Waals surface area contributed by atoms with Crippen molar-refractivity contribution >= 4 is 5.70 Å². The van der Waals surface area contributed by atoms with Crippen molar-refractivity contribution in [2.45, 2.75) is 66.8 Å². The summed E-state index contributed by atoms with van der Waals surface area (Å²) in [5, 5.41) is 3.63. The normalized spacial score (nSPS) is 12.3. The van der Waals surface area contributed by atoms with Gasteiger partial charge in [-0.05, 0) is 50.2 Å². The van der Waals surface area contributed by atoms with Crippen LogP contribution < -0.4 is 5.32 Å². The summed E-state index contributed by atoms with van der Waals surface area (Å²) in [5.41, 5.74) is 5.37. The fourth-order valence-corrected chi connectivity index (χ4v) is 3.24.